The van der Waals surface area contributed by atoms with Crippen LogP contribution in [0, 0.1) is 0 Å². The summed E-state index contributed by atoms with van der Waals surface area (Å²) >= 11 is 0. The van der Waals surface area contributed by atoms with E-state index in [1.54, 1.807) is 7.11 Å². The van der Waals surface area contributed by atoms with Crippen LogP contribution in [0.5, 0.6) is 11.5 Å². The highest BCUT2D eigenvalue weighted by molar-refractivity contribution is 5.31. The van der Waals surface area contributed by atoms with Gasteiger partial charge >= 0.3 is 0 Å². The lowest BCUT2D eigenvalue weighted by atomic mass is 10.3. The van der Waals surface area contributed by atoms with Crippen LogP contribution in [0.1, 0.15) is 13.8 Å². The number of epoxide rings is 1. The van der Waals surface area contributed by atoms with E-state index in [2.05, 4.69) is 18.7 Å². The molecule has 0 radical (unpaired) electrons. The first kappa shape index (κ1) is 13.2. The molecule has 0 aromatic heterocycles. The first-order valence-electron chi connectivity index (χ1n) is 6.40. The van der Waals surface area contributed by atoms with Gasteiger partial charge in [-0.15, -0.1) is 0 Å². The van der Waals surface area contributed by atoms with E-state index in [-0.39, 0.29) is 5.72 Å². The van der Waals surface area contributed by atoms with E-state index < -0.39 is 0 Å². The van der Waals surface area contributed by atoms with Crippen molar-refractivity contribution in [3.05, 3.63) is 24.3 Å². The monoisotopic (exact) mass is 251 g/mol. The van der Waals surface area contributed by atoms with Crippen LogP contribution in [0.15, 0.2) is 24.3 Å². The van der Waals surface area contributed by atoms with E-state index in [1.807, 2.05) is 24.3 Å². The van der Waals surface area contributed by atoms with E-state index in [0.717, 1.165) is 31.2 Å². The maximum atomic E-state index is 5.80. The molecule has 1 atom stereocenters. The fourth-order valence-corrected chi connectivity index (χ4v) is 2.11. The smallest absolute Gasteiger partial charge is 0.179 e. The van der Waals surface area contributed by atoms with Gasteiger partial charge in [-0.05, 0) is 37.4 Å². The predicted octanol–water partition coefficient (Wildman–Crippen LogP) is 2.14. The van der Waals surface area contributed by atoms with Crippen LogP contribution in [0.2, 0.25) is 0 Å². The van der Waals surface area contributed by atoms with Gasteiger partial charge in [-0.1, -0.05) is 13.8 Å². The minimum Gasteiger partial charge on any atom is -0.497 e. The maximum Gasteiger partial charge on any atom is 0.179 e. The average molecular weight is 251 g/mol. The summed E-state index contributed by atoms with van der Waals surface area (Å²) in [5.41, 5.74) is -0.205. The summed E-state index contributed by atoms with van der Waals surface area (Å²) in [6.45, 7) is 7.55. The molecular formula is C14H21NO3. The van der Waals surface area contributed by atoms with Crippen molar-refractivity contribution >= 4 is 0 Å². The first-order chi connectivity index (χ1) is 8.74. The number of hydrogen-bond donors (Lipinski definition) is 0. The zero-order valence-electron chi connectivity index (χ0n) is 11.3. The van der Waals surface area contributed by atoms with Crippen LogP contribution in [0.3, 0.4) is 0 Å². The van der Waals surface area contributed by atoms with E-state index in [0.29, 0.717) is 6.61 Å². The largest absolute Gasteiger partial charge is 0.497 e. The fraction of sp³-hybridized carbons (Fsp3) is 0.571. The summed E-state index contributed by atoms with van der Waals surface area (Å²) in [7, 11) is 1.66. The van der Waals surface area contributed by atoms with Crippen molar-refractivity contribution in [1.29, 1.82) is 0 Å². The molecule has 1 unspecified atom stereocenters. The third-order valence-electron chi connectivity index (χ3n) is 3.34. The molecule has 1 aliphatic rings. The molecule has 100 valence electrons. The van der Waals surface area contributed by atoms with Gasteiger partial charge < -0.3 is 14.2 Å². The number of ether oxygens (including phenoxy) is 3. The first-order valence-corrected chi connectivity index (χ1v) is 6.40. The van der Waals surface area contributed by atoms with E-state index in [1.165, 1.54) is 0 Å². The number of nitrogens with zero attached hydrogens (tertiary/aromatic N) is 1. The summed E-state index contributed by atoms with van der Waals surface area (Å²) in [5, 5.41) is 0. The van der Waals surface area contributed by atoms with Crippen molar-refractivity contribution in [3.63, 3.8) is 0 Å². The Kier molecular flexibility index (Phi) is 4.09. The van der Waals surface area contributed by atoms with Gasteiger partial charge in [-0.3, -0.25) is 4.90 Å². The quantitative estimate of drug-likeness (QED) is 0.695. The number of likely N-dealkylation sites (N-methyl/N-ethyl adjacent to an activating group) is 1. The standard InChI is InChI=1S/C14H21NO3/c1-4-15(5-2)14(11-18-14)10-17-13-8-6-12(16-3)7-9-13/h6-9H,4-5,10-11H2,1-3H3. The van der Waals surface area contributed by atoms with Gasteiger partial charge in [0.05, 0.1) is 13.7 Å². The molecule has 0 saturated carbocycles. The molecule has 0 spiro atoms. The normalized spacial score (nSPS) is 22.0. The molecule has 4 heteroatoms. The van der Waals surface area contributed by atoms with E-state index in [4.69, 9.17) is 14.2 Å². The van der Waals surface area contributed by atoms with Gasteiger partial charge in [0.25, 0.3) is 0 Å². The molecule has 1 aliphatic heterocycles. The van der Waals surface area contributed by atoms with Crippen molar-refractivity contribution < 1.29 is 14.2 Å². The lowest BCUT2D eigenvalue weighted by Crippen LogP contribution is -2.42. The zero-order chi connectivity index (χ0) is 13.0. The van der Waals surface area contributed by atoms with Crippen molar-refractivity contribution in [2.45, 2.75) is 19.6 Å². The fourth-order valence-electron chi connectivity index (χ4n) is 2.11. The molecule has 18 heavy (non-hydrogen) atoms. The Hall–Kier alpha value is -1.26. The highest BCUT2D eigenvalue weighted by Gasteiger charge is 2.50. The Bertz CT molecular complexity index is 369. The predicted molar refractivity (Wildman–Crippen MR) is 70.1 cm³/mol. The van der Waals surface area contributed by atoms with E-state index >= 15 is 0 Å². The maximum absolute atomic E-state index is 5.80. The second-order valence-electron chi connectivity index (χ2n) is 4.37. The molecule has 0 aliphatic carbocycles. The number of methoxy groups -OCH3 is 1. The lowest BCUT2D eigenvalue weighted by Gasteiger charge is -2.26. The van der Waals surface area contributed by atoms with Crippen LogP contribution in [-0.4, -0.2) is 44.0 Å². The van der Waals surface area contributed by atoms with Gasteiger partial charge in [-0.25, -0.2) is 0 Å². The van der Waals surface area contributed by atoms with Gasteiger partial charge in [0, 0.05) is 0 Å². The van der Waals surface area contributed by atoms with Gasteiger partial charge in [-0.2, -0.15) is 0 Å². The van der Waals surface area contributed by atoms with Crippen LogP contribution >= 0.6 is 0 Å². The Balaban J connectivity index is 1.90. The topological polar surface area (TPSA) is 34.2 Å². The second-order valence-corrected chi connectivity index (χ2v) is 4.37. The van der Waals surface area contributed by atoms with Crippen LogP contribution < -0.4 is 9.47 Å². The molecule has 1 fully saturated rings. The molecule has 0 N–H and O–H groups in total. The molecular weight excluding hydrogens is 230 g/mol. The SMILES string of the molecule is CCN(CC)C1(COc2ccc(OC)cc2)CO1. The molecule has 1 saturated heterocycles. The second kappa shape index (κ2) is 5.59. The molecule has 1 aromatic rings. The average Bonchev–Trinajstić information content (AvgIpc) is 3.19. The summed E-state index contributed by atoms with van der Waals surface area (Å²) in [4.78, 5) is 2.29. The molecule has 0 bridgehead atoms. The van der Waals surface area contributed by atoms with Crippen LogP contribution in [0.25, 0.3) is 0 Å². The minimum absolute atomic E-state index is 0.205. The summed E-state index contributed by atoms with van der Waals surface area (Å²) in [6, 6.07) is 7.62. The third kappa shape index (κ3) is 2.76. The third-order valence-corrected chi connectivity index (χ3v) is 3.34. The lowest BCUT2D eigenvalue weighted by molar-refractivity contribution is 0.0425. The summed E-state index contributed by atoms with van der Waals surface area (Å²) in [5.74, 6) is 1.68. The van der Waals surface area contributed by atoms with Crippen molar-refractivity contribution in [1.82, 2.24) is 4.90 Å². The van der Waals surface area contributed by atoms with Gasteiger partial charge in [0.1, 0.15) is 18.1 Å². The van der Waals surface area contributed by atoms with Crippen molar-refractivity contribution in [2.75, 3.05) is 33.4 Å². The van der Waals surface area contributed by atoms with Crippen molar-refractivity contribution in [3.8, 4) is 11.5 Å². The van der Waals surface area contributed by atoms with Gasteiger partial charge in [0.15, 0.2) is 5.72 Å². The molecule has 0 amide bonds. The number of benzene rings is 1. The van der Waals surface area contributed by atoms with Crippen LogP contribution in [0.4, 0.5) is 0 Å². The number of rotatable bonds is 7. The van der Waals surface area contributed by atoms with Crippen molar-refractivity contribution in [2.24, 2.45) is 0 Å². The Labute approximate surface area is 108 Å². The highest BCUT2D eigenvalue weighted by atomic mass is 16.6. The number of hydrogen-bond acceptors (Lipinski definition) is 4. The van der Waals surface area contributed by atoms with Crippen LogP contribution in [-0.2, 0) is 4.74 Å². The van der Waals surface area contributed by atoms with E-state index in [9.17, 15) is 0 Å². The van der Waals surface area contributed by atoms with Gasteiger partial charge in [0.2, 0.25) is 0 Å². The Morgan fingerprint density at radius 1 is 1.17 bits per heavy atom. The molecule has 2 rings (SSSR count). The Morgan fingerprint density at radius 3 is 2.17 bits per heavy atom. The highest BCUT2D eigenvalue weighted by Crippen LogP contribution is 2.32. The molecule has 1 heterocycles. The molecule has 1 aromatic carbocycles. The summed E-state index contributed by atoms with van der Waals surface area (Å²) in [6.07, 6.45) is 0. The zero-order valence-corrected chi connectivity index (χ0v) is 11.3. The Morgan fingerprint density at radius 2 is 1.72 bits per heavy atom. The molecule has 4 nitrogen and oxygen atoms in total. The summed E-state index contributed by atoms with van der Waals surface area (Å²) < 4.78 is 16.5. The minimum atomic E-state index is -0.205.